The van der Waals surface area contributed by atoms with E-state index in [-0.39, 0.29) is 0 Å². The number of nitrogen functional groups attached to an aromatic ring is 1. The Morgan fingerprint density at radius 2 is 1.23 bits per heavy atom. The van der Waals surface area contributed by atoms with Gasteiger partial charge in [-0.3, -0.25) is 0 Å². The second-order valence-corrected chi connectivity index (χ2v) is 10.1. The Morgan fingerprint density at radius 1 is 0.714 bits per heavy atom. The zero-order chi connectivity index (χ0) is 24.6. The average molecular weight is 458 g/mol. The summed E-state index contributed by atoms with van der Waals surface area (Å²) in [5.74, 6) is 0. The fourth-order valence-corrected chi connectivity index (χ4v) is 5.76. The molecule has 0 unspecified atom stereocenters. The Kier molecular flexibility index (Phi) is 6.11. The summed E-state index contributed by atoms with van der Waals surface area (Å²) in [6.45, 7) is 11.0. The van der Waals surface area contributed by atoms with Crippen LogP contribution in [0.5, 0.6) is 0 Å². The van der Waals surface area contributed by atoms with Crippen LogP contribution in [0.3, 0.4) is 0 Å². The van der Waals surface area contributed by atoms with E-state index >= 15 is 0 Å². The second kappa shape index (κ2) is 9.23. The highest BCUT2D eigenvalue weighted by molar-refractivity contribution is 5.87. The van der Waals surface area contributed by atoms with E-state index in [0.717, 1.165) is 12.1 Å². The van der Waals surface area contributed by atoms with Crippen LogP contribution in [0.25, 0.3) is 16.7 Å². The number of anilines is 1. The lowest BCUT2D eigenvalue weighted by atomic mass is 9.67. The molecule has 0 fully saturated rings. The van der Waals surface area contributed by atoms with Crippen molar-refractivity contribution in [2.45, 2.75) is 51.9 Å². The summed E-state index contributed by atoms with van der Waals surface area (Å²) in [5, 5.41) is 0. The molecule has 0 aliphatic heterocycles. The van der Waals surface area contributed by atoms with Gasteiger partial charge < -0.3 is 5.73 Å². The fourth-order valence-electron chi connectivity index (χ4n) is 5.76. The molecule has 35 heavy (non-hydrogen) atoms. The molecule has 0 saturated carbocycles. The van der Waals surface area contributed by atoms with Crippen molar-refractivity contribution >= 4 is 11.3 Å². The Balaban J connectivity index is 1.74. The van der Waals surface area contributed by atoms with E-state index in [2.05, 4.69) is 100 Å². The van der Waals surface area contributed by atoms with E-state index in [4.69, 9.17) is 5.73 Å². The summed E-state index contributed by atoms with van der Waals surface area (Å²) in [5.41, 5.74) is 19.4. The number of allylic oxidation sites excluding steroid dienone is 1. The molecule has 1 heteroatoms. The van der Waals surface area contributed by atoms with Gasteiger partial charge in [0.25, 0.3) is 0 Å². The lowest BCUT2D eigenvalue weighted by Crippen LogP contribution is -2.28. The predicted molar refractivity (Wildman–Crippen MR) is 151 cm³/mol. The maximum atomic E-state index is 6.14. The van der Waals surface area contributed by atoms with Crippen molar-refractivity contribution in [3.8, 4) is 11.1 Å². The van der Waals surface area contributed by atoms with Crippen LogP contribution < -0.4 is 5.73 Å². The van der Waals surface area contributed by atoms with E-state index in [1.807, 2.05) is 12.1 Å². The first kappa shape index (κ1) is 23.2. The molecule has 0 aromatic heterocycles. The van der Waals surface area contributed by atoms with Crippen molar-refractivity contribution in [3.05, 3.63) is 130 Å². The molecule has 0 amide bonds. The van der Waals surface area contributed by atoms with E-state index in [9.17, 15) is 0 Å². The molecule has 0 atom stereocenters. The lowest BCUT2D eigenvalue weighted by molar-refractivity contribution is 0.735. The summed E-state index contributed by atoms with van der Waals surface area (Å²) in [7, 11) is 0. The molecule has 0 saturated heterocycles. The zero-order valence-electron chi connectivity index (χ0n) is 21.2. The minimum Gasteiger partial charge on any atom is -0.399 e. The van der Waals surface area contributed by atoms with Gasteiger partial charge in [0, 0.05) is 5.69 Å². The van der Waals surface area contributed by atoms with Crippen LogP contribution in [0.15, 0.2) is 91.5 Å². The van der Waals surface area contributed by atoms with Crippen LogP contribution in [-0.4, -0.2) is 0 Å². The van der Waals surface area contributed by atoms with Crippen molar-refractivity contribution in [1.29, 1.82) is 0 Å². The summed E-state index contributed by atoms with van der Waals surface area (Å²) >= 11 is 0. The van der Waals surface area contributed by atoms with E-state index in [1.54, 1.807) is 0 Å². The maximum absolute atomic E-state index is 6.14. The standard InChI is InChI=1S/C34H35N/c1-5-6-7-8-25(4)26-11-13-27(14-12-26)34(28-15-17-29(35)18-16-28)32-21-23(2)9-19-30(32)31-20-10-24(3)22-33(31)34/h9-22H,4-8,35H2,1-3H3. The summed E-state index contributed by atoms with van der Waals surface area (Å²) in [6, 6.07) is 31.4. The van der Waals surface area contributed by atoms with Gasteiger partial charge in [-0.1, -0.05) is 110 Å². The minimum atomic E-state index is -0.390. The number of nitrogens with two attached hydrogens (primary N) is 1. The highest BCUT2D eigenvalue weighted by Crippen LogP contribution is 2.56. The SMILES string of the molecule is C=C(CCCCC)c1ccc(C2(c3ccc(N)cc3)c3cc(C)ccc3-c3ccc(C)cc32)cc1. The highest BCUT2D eigenvalue weighted by atomic mass is 14.5. The first-order chi connectivity index (χ1) is 16.9. The van der Waals surface area contributed by atoms with E-state index in [1.165, 1.54) is 74.9 Å². The Bertz CT molecular complexity index is 1320. The van der Waals surface area contributed by atoms with E-state index in [0.29, 0.717) is 0 Å². The monoisotopic (exact) mass is 457 g/mol. The van der Waals surface area contributed by atoms with Crippen molar-refractivity contribution in [2.75, 3.05) is 5.73 Å². The van der Waals surface area contributed by atoms with Crippen LogP contribution in [0, 0.1) is 13.8 Å². The first-order valence-corrected chi connectivity index (χ1v) is 12.8. The summed E-state index contributed by atoms with van der Waals surface area (Å²) in [4.78, 5) is 0. The molecule has 2 N–H and O–H groups in total. The number of aryl methyl sites for hydroxylation is 2. The van der Waals surface area contributed by atoms with Gasteiger partial charge >= 0.3 is 0 Å². The van der Waals surface area contributed by atoms with Crippen LogP contribution in [0.2, 0.25) is 0 Å². The van der Waals surface area contributed by atoms with Crippen LogP contribution >= 0.6 is 0 Å². The van der Waals surface area contributed by atoms with Gasteiger partial charge in [0.15, 0.2) is 0 Å². The van der Waals surface area contributed by atoms with Crippen molar-refractivity contribution in [3.63, 3.8) is 0 Å². The number of hydrogen-bond acceptors (Lipinski definition) is 1. The fraction of sp³-hybridized carbons (Fsp3) is 0.235. The lowest BCUT2D eigenvalue weighted by Gasteiger charge is -2.34. The number of rotatable bonds is 7. The smallest absolute Gasteiger partial charge is 0.0713 e. The molecule has 0 heterocycles. The van der Waals surface area contributed by atoms with Gasteiger partial charge in [-0.2, -0.15) is 0 Å². The molecule has 4 aromatic carbocycles. The predicted octanol–water partition coefficient (Wildman–Crippen LogP) is 8.84. The summed E-state index contributed by atoms with van der Waals surface area (Å²) < 4.78 is 0. The van der Waals surface area contributed by atoms with Gasteiger partial charge in [0.05, 0.1) is 5.41 Å². The topological polar surface area (TPSA) is 26.0 Å². The Hall–Kier alpha value is -3.58. The Morgan fingerprint density at radius 3 is 1.74 bits per heavy atom. The number of unbranched alkanes of at least 4 members (excludes halogenated alkanes) is 2. The quantitative estimate of drug-likeness (QED) is 0.192. The molecular formula is C34H35N. The van der Waals surface area contributed by atoms with Crippen LogP contribution in [0.1, 0.15) is 71.6 Å². The molecule has 1 nitrogen and oxygen atoms in total. The number of benzene rings is 4. The molecule has 1 aliphatic carbocycles. The second-order valence-electron chi connectivity index (χ2n) is 10.1. The number of fused-ring (bicyclic) bond motifs is 3. The Labute approximate surface area is 210 Å². The molecule has 0 radical (unpaired) electrons. The van der Waals surface area contributed by atoms with Crippen molar-refractivity contribution in [2.24, 2.45) is 0 Å². The van der Waals surface area contributed by atoms with Gasteiger partial charge in [0.1, 0.15) is 0 Å². The summed E-state index contributed by atoms with van der Waals surface area (Å²) in [6.07, 6.45) is 4.74. The third-order valence-corrected chi connectivity index (χ3v) is 7.60. The van der Waals surface area contributed by atoms with Crippen LogP contribution in [-0.2, 0) is 5.41 Å². The minimum absolute atomic E-state index is 0.390. The third-order valence-electron chi connectivity index (χ3n) is 7.60. The zero-order valence-corrected chi connectivity index (χ0v) is 21.2. The van der Waals surface area contributed by atoms with Gasteiger partial charge in [-0.05, 0) is 83.3 Å². The molecule has 4 aromatic rings. The third kappa shape index (κ3) is 3.90. The van der Waals surface area contributed by atoms with Gasteiger partial charge in [-0.15, -0.1) is 0 Å². The molecule has 0 bridgehead atoms. The van der Waals surface area contributed by atoms with E-state index < -0.39 is 5.41 Å². The largest absolute Gasteiger partial charge is 0.399 e. The molecule has 5 rings (SSSR count). The first-order valence-electron chi connectivity index (χ1n) is 12.8. The molecular weight excluding hydrogens is 422 g/mol. The normalized spacial score (nSPS) is 13.3. The highest BCUT2D eigenvalue weighted by Gasteiger charge is 2.46. The van der Waals surface area contributed by atoms with Gasteiger partial charge in [0.2, 0.25) is 0 Å². The number of hydrogen-bond donors (Lipinski definition) is 1. The van der Waals surface area contributed by atoms with Gasteiger partial charge in [-0.25, -0.2) is 0 Å². The van der Waals surface area contributed by atoms with Crippen molar-refractivity contribution in [1.82, 2.24) is 0 Å². The average Bonchev–Trinajstić information content (AvgIpc) is 3.14. The maximum Gasteiger partial charge on any atom is 0.0713 e. The molecule has 0 spiro atoms. The molecule has 1 aliphatic rings. The molecule has 176 valence electrons. The van der Waals surface area contributed by atoms with Crippen LogP contribution in [0.4, 0.5) is 5.69 Å². The van der Waals surface area contributed by atoms with Crippen molar-refractivity contribution < 1.29 is 0 Å².